The first-order valence-electron chi connectivity index (χ1n) is 11.0. The molecule has 1 heterocycles. The third kappa shape index (κ3) is 7.43. The zero-order chi connectivity index (χ0) is 25.4. The fourth-order valence-electron chi connectivity index (χ4n) is 3.04. The number of likely N-dealkylation sites (N-methyl/N-ethyl adjacent to an activating group) is 1. The third-order valence-electron chi connectivity index (χ3n) is 5.25. The minimum atomic E-state index is -0.318. The molecule has 0 radical (unpaired) electrons. The number of carbonyl (C=O) groups is 1. The Kier molecular flexibility index (Phi) is 9.04. The van der Waals surface area contributed by atoms with E-state index in [2.05, 4.69) is 65.6 Å². The number of nitrogens with one attached hydrogen (secondary N) is 4. The molecular weight excluding hydrogens is 510 g/mol. The molecule has 4 N–H and O–H groups in total. The number of methoxy groups -OCH3 is 1. The van der Waals surface area contributed by atoms with Gasteiger partial charge >= 0.3 is 0 Å². The van der Waals surface area contributed by atoms with Gasteiger partial charge in [-0.05, 0) is 57.4 Å². The molecule has 9 nitrogen and oxygen atoms in total. The lowest BCUT2D eigenvalue weighted by atomic mass is 10.2. The number of aromatic nitrogens is 2. The van der Waals surface area contributed by atoms with E-state index in [9.17, 15) is 4.79 Å². The van der Waals surface area contributed by atoms with Crippen molar-refractivity contribution in [1.29, 1.82) is 0 Å². The van der Waals surface area contributed by atoms with Gasteiger partial charge in [0, 0.05) is 35.0 Å². The van der Waals surface area contributed by atoms with Crippen molar-refractivity contribution in [2.75, 3.05) is 49.0 Å². The number of ether oxygens (including phenoxy) is 1. The Labute approximate surface area is 214 Å². The first-order valence-corrected chi connectivity index (χ1v) is 11.8. The standard InChI is InChI=1S/C25H30BrN7O2/c1-6-24(34)30-20-13-21(22(35-5)14-19(20)28-15-16(2)33(3)4)31-25-27-11-10-23(32-25)29-18-9-7-8-17(26)12-18/h6-14,16,28H,1,15H2,2-5H3,(H,30,34)(H2,27,29,31,32). The van der Waals surface area contributed by atoms with Crippen LogP contribution in [0.25, 0.3) is 0 Å². The summed E-state index contributed by atoms with van der Waals surface area (Å²) in [5, 5.41) is 12.7. The van der Waals surface area contributed by atoms with Crippen LogP contribution in [0.2, 0.25) is 0 Å². The van der Waals surface area contributed by atoms with Crippen molar-refractivity contribution < 1.29 is 9.53 Å². The van der Waals surface area contributed by atoms with Crippen LogP contribution in [-0.2, 0) is 4.79 Å². The van der Waals surface area contributed by atoms with E-state index in [1.807, 2.05) is 44.4 Å². The number of hydrogen-bond acceptors (Lipinski definition) is 8. The maximum absolute atomic E-state index is 12.1. The Balaban J connectivity index is 1.88. The average molecular weight is 540 g/mol. The van der Waals surface area contributed by atoms with Gasteiger partial charge in [-0.2, -0.15) is 4.98 Å². The second-order valence-corrected chi connectivity index (χ2v) is 8.93. The molecule has 0 saturated heterocycles. The van der Waals surface area contributed by atoms with Crippen molar-refractivity contribution >= 4 is 56.4 Å². The summed E-state index contributed by atoms with van der Waals surface area (Å²) in [6, 6.07) is 13.4. The van der Waals surface area contributed by atoms with Crippen molar-refractivity contribution in [2.24, 2.45) is 0 Å². The van der Waals surface area contributed by atoms with E-state index in [1.54, 1.807) is 25.4 Å². The van der Waals surface area contributed by atoms with E-state index in [1.165, 1.54) is 6.08 Å². The Hall–Kier alpha value is -3.63. The van der Waals surface area contributed by atoms with Crippen molar-refractivity contribution in [1.82, 2.24) is 14.9 Å². The van der Waals surface area contributed by atoms with Crippen LogP contribution in [0.15, 0.2) is 65.8 Å². The van der Waals surface area contributed by atoms with Gasteiger partial charge in [-0.1, -0.05) is 28.6 Å². The minimum Gasteiger partial charge on any atom is -0.494 e. The van der Waals surface area contributed by atoms with Crippen LogP contribution in [0, 0.1) is 0 Å². The van der Waals surface area contributed by atoms with Crippen molar-refractivity contribution in [3.05, 3.63) is 65.8 Å². The van der Waals surface area contributed by atoms with E-state index >= 15 is 0 Å². The Bertz CT molecular complexity index is 1190. The molecule has 0 aliphatic rings. The van der Waals surface area contributed by atoms with Crippen LogP contribution in [0.1, 0.15) is 6.92 Å². The molecule has 184 valence electrons. The van der Waals surface area contributed by atoms with Gasteiger partial charge in [0.05, 0.1) is 24.2 Å². The Morgan fingerprint density at radius 2 is 1.97 bits per heavy atom. The highest BCUT2D eigenvalue weighted by atomic mass is 79.9. The van der Waals surface area contributed by atoms with Gasteiger partial charge in [0.1, 0.15) is 11.6 Å². The van der Waals surface area contributed by atoms with Crippen LogP contribution in [0.5, 0.6) is 5.75 Å². The second-order valence-electron chi connectivity index (χ2n) is 8.01. The molecule has 3 rings (SSSR count). The molecule has 0 aliphatic heterocycles. The largest absolute Gasteiger partial charge is 0.494 e. The molecule has 10 heteroatoms. The van der Waals surface area contributed by atoms with Gasteiger partial charge in [0.15, 0.2) is 0 Å². The quantitative estimate of drug-likeness (QED) is 0.246. The molecule has 35 heavy (non-hydrogen) atoms. The minimum absolute atomic E-state index is 0.274. The molecule has 1 atom stereocenters. The molecule has 0 bridgehead atoms. The summed E-state index contributed by atoms with van der Waals surface area (Å²) in [5.74, 6) is 1.23. The summed E-state index contributed by atoms with van der Waals surface area (Å²) < 4.78 is 6.58. The van der Waals surface area contributed by atoms with Crippen LogP contribution >= 0.6 is 15.9 Å². The summed E-state index contributed by atoms with van der Waals surface area (Å²) in [6.07, 6.45) is 2.88. The third-order valence-corrected chi connectivity index (χ3v) is 5.74. The number of rotatable bonds is 11. The molecule has 1 amide bonds. The normalized spacial score (nSPS) is 11.5. The van der Waals surface area contributed by atoms with Crippen molar-refractivity contribution in [3.63, 3.8) is 0 Å². The fraction of sp³-hybridized carbons (Fsp3) is 0.240. The number of carbonyl (C=O) groups excluding carboxylic acids is 1. The highest BCUT2D eigenvalue weighted by Gasteiger charge is 2.15. The Morgan fingerprint density at radius 3 is 2.66 bits per heavy atom. The van der Waals surface area contributed by atoms with E-state index < -0.39 is 0 Å². The maximum Gasteiger partial charge on any atom is 0.247 e. The van der Waals surface area contributed by atoms with Crippen molar-refractivity contribution in [3.8, 4) is 5.75 Å². The van der Waals surface area contributed by atoms with Crippen LogP contribution in [0.3, 0.4) is 0 Å². The number of benzene rings is 2. The predicted octanol–water partition coefficient (Wildman–Crippen LogP) is 5.22. The molecule has 1 unspecified atom stereocenters. The SMILES string of the molecule is C=CC(=O)Nc1cc(Nc2nccc(Nc3cccc(Br)c3)n2)c(OC)cc1NCC(C)N(C)C. The number of anilines is 6. The second kappa shape index (κ2) is 12.2. The summed E-state index contributed by atoms with van der Waals surface area (Å²) >= 11 is 3.47. The zero-order valence-electron chi connectivity index (χ0n) is 20.2. The van der Waals surface area contributed by atoms with E-state index in [0.717, 1.165) is 15.8 Å². The summed E-state index contributed by atoms with van der Waals surface area (Å²) in [4.78, 5) is 23.1. The molecule has 1 aromatic heterocycles. The average Bonchev–Trinajstić information content (AvgIpc) is 2.83. The van der Waals surface area contributed by atoms with Crippen LogP contribution < -0.4 is 26.0 Å². The van der Waals surface area contributed by atoms with Crippen molar-refractivity contribution in [2.45, 2.75) is 13.0 Å². The first kappa shape index (κ1) is 26.0. The molecule has 0 aliphatic carbocycles. The lowest BCUT2D eigenvalue weighted by molar-refractivity contribution is -0.111. The Morgan fingerprint density at radius 1 is 1.17 bits per heavy atom. The lowest BCUT2D eigenvalue weighted by Crippen LogP contribution is -2.31. The highest BCUT2D eigenvalue weighted by molar-refractivity contribution is 9.10. The number of amides is 1. The van der Waals surface area contributed by atoms with Gasteiger partial charge in [-0.15, -0.1) is 0 Å². The summed E-state index contributed by atoms with van der Waals surface area (Å²) in [6.45, 7) is 6.33. The number of nitrogens with zero attached hydrogens (tertiary/aromatic N) is 3. The maximum atomic E-state index is 12.1. The molecule has 3 aromatic rings. The molecule has 0 saturated carbocycles. The highest BCUT2D eigenvalue weighted by Crippen LogP contribution is 2.36. The van der Waals surface area contributed by atoms with Gasteiger partial charge in [0.25, 0.3) is 0 Å². The van der Waals surface area contributed by atoms with Crippen LogP contribution in [0.4, 0.5) is 34.5 Å². The monoisotopic (exact) mass is 539 g/mol. The number of halogens is 1. The molecular formula is C25H30BrN7O2. The van der Waals surface area contributed by atoms with Gasteiger partial charge < -0.3 is 30.9 Å². The molecule has 2 aromatic carbocycles. The van der Waals surface area contributed by atoms with Gasteiger partial charge in [0.2, 0.25) is 11.9 Å². The van der Waals surface area contributed by atoms with E-state index in [4.69, 9.17) is 4.74 Å². The summed E-state index contributed by atoms with van der Waals surface area (Å²) in [5.41, 5.74) is 2.78. The summed E-state index contributed by atoms with van der Waals surface area (Å²) in [7, 11) is 5.61. The lowest BCUT2D eigenvalue weighted by Gasteiger charge is -2.23. The van der Waals surface area contributed by atoms with E-state index in [-0.39, 0.29) is 11.9 Å². The molecule has 0 fully saturated rings. The van der Waals surface area contributed by atoms with Crippen LogP contribution in [-0.4, -0.2) is 54.6 Å². The smallest absolute Gasteiger partial charge is 0.247 e. The number of hydrogen-bond donors (Lipinski definition) is 4. The topological polar surface area (TPSA) is 103 Å². The zero-order valence-corrected chi connectivity index (χ0v) is 21.8. The molecule has 0 spiro atoms. The first-order chi connectivity index (χ1) is 16.8. The fourth-order valence-corrected chi connectivity index (χ4v) is 3.44. The predicted molar refractivity (Wildman–Crippen MR) is 146 cm³/mol. The van der Waals surface area contributed by atoms with E-state index in [0.29, 0.717) is 35.4 Å². The van der Waals surface area contributed by atoms with Gasteiger partial charge in [-0.25, -0.2) is 4.98 Å². The van der Waals surface area contributed by atoms with Gasteiger partial charge in [-0.3, -0.25) is 4.79 Å².